The average molecular weight is 412 g/mol. The molecule has 1 heterocycles. The average Bonchev–Trinajstić information content (AvgIpc) is 3.00. The van der Waals surface area contributed by atoms with E-state index < -0.39 is 0 Å². The summed E-state index contributed by atoms with van der Waals surface area (Å²) in [6, 6.07) is 8.99. The third-order valence-electron chi connectivity index (χ3n) is 3.63. The Balaban J connectivity index is 1.80. The third-order valence-corrected chi connectivity index (χ3v) is 4.70. The zero-order valence-corrected chi connectivity index (χ0v) is 15.6. The van der Waals surface area contributed by atoms with Crippen molar-refractivity contribution in [2.45, 2.75) is 6.54 Å². The Morgan fingerprint density at radius 2 is 1.96 bits per heavy atom. The van der Waals surface area contributed by atoms with E-state index in [1.807, 2.05) is 12.1 Å². The summed E-state index contributed by atoms with van der Waals surface area (Å²) < 4.78 is 11.7. The fourth-order valence-electron chi connectivity index (χ4n) is 2.34. The lowest BCUT2D eigenvalue weighted by Gasteiger charge is -2.14. The second kappa shape index (κ2) is 6.91. The van der Waals surface area contributed by atoms with Crippen LogP contribution in [0.4, 0.5) is 5.69 Å². The molecule has 0 atom stereocenters. The molecule has 0 saturated heterocycles. The number of benzene rings is 2. The number of rotatable bonds is 4. The number of hydrogen-bond acceptors (Lipinski definition) is 4. The number of carbonyl (C=O) groups is 1. The summed E-state index contributed by atoms with van der Waals surface area (Å²) >= 11 is 9.77. The first-order chi connectivity index (χ1) is 11.5. The van der Waals surface area contributed by atoms with Gasteiger partial charge >= 0.3 is 0 Å². The highest BCUT2D eigenvalue weighted by molar-refractivity contribution is 9.10. The van der Waals surface area contributed by atoms with Gasteiger partial charge in [-0.3, -0.25) is 4.79 Å². The van der Waals surface area contributed by atoms with Gasteiger partial charge in [0.1, 0.15) is 0 Å². The van der Waals surface area contributed by atoms with Gasteiger partial charge in [0.25, 0.3) is 5.91 Å². The van der Waals surface area contributed by atoms with Gasteiger partial charge in [0.05, 0.1) is 10.7 Å². The van der Waals surface area contributed by atoms with Crippen LogP contribution >= 0.6 is 27.5 Å². The molecule has 1 aliphatic heterocycles. The summed E-state index contributed by atoms with van der Waals surface area (Å²) in [7, 11) is 3.43. The number of halogens is 2. The first-order valence-electron chi connectivity index (χ1n) is 7.29. The third kappa shape index (κ3) is 3.44. The summed E-state index contributed by atoms with van der Waals surface area (Å²) in [5.74, 6) is 1.37. The van der Waals surface area contributed by atoms with E-state index in [4.69, 9.17) is 21.1 Å². The van der Waals surface area contributed by atoms with E-state index in [0.717, 1.165) is 21.5 Å². The minimum absolute atomic E-state index is 0.0704. The van der Waals surface area contributed by atoms with Gasteiger partial charge in [0, 0.05) is 30.7 Å². The van der Waals surface area contributed by atoms with Crippen LogP contribution in [0.15, 0.2) is 34.8 Å². The fourth-order valence-corrected chi connectivity index (χ4v) is 2.98. The van der Waals surface area contributed by atoms with E-state index in [0.29, 0.717) is 22.8 Å². The normalized spacial score (nSPS) is 12.2. The van der Waals surface area contributed by atoms with Crippen molar-refractivity contribution in [2.24, 2.45) is 0 Å². The van der Waals surface area contributed by atoms with E-state index >= 15 is 0 Å². The minimum atomic E-state index is -0.0704. The zero-order chi connectivity index (χ0) is 17.3. The Bertz CT molecular complexity index is 796. The number of anilines is 1. The van der Waals surface area contributed by atoms with Gasteiger partial charge < -0.3 is 19.7 Å². The van der Waals surface area contributed by atoms with E-state index in [-0.39, 0.29) is 12.7 Å². The van der Waals surface area contributed by atoms with Gasteiger partial charge in [0.2, 0.25) is 6.79 Å². The molecule has 2 aromatic rings. The molecule has 7 heteroatoms. The van der Waals surface area contributed by atoms with Crippen LogP contribution in [-0.4, -0.2) is 31.7 Å². The molecule has 0 saturated carbocycles. The molecule has 0 bridgehead atoms. The van der Waals surface area contributed by atoms with Crippen molar-refractivity contribution in [1.82, 2.24) is 4.90 Å². The molecule has 0 spiro atoms. The summed E-state index contributed by atoms with van der Waals surface area (Å²) in [5, 5.41) is 3.82. The molecule has 1 aliphatic rings. The van der Waals surface area contributed by atoms with Crippen LogP contribution in [0.25, 0.3) is 0 Å². The molecular formula is C17H16BrClN2O3. The number of carbonyl (C=O) groups excluding carboxylic acids is 1. The minimum Gasteiger partial charge on any atom is -0.454 e. The number of fused-ring (bicyclic) bond motifs is 1. The fraction of sp³-hybridized carbons (Fsp3) is 0.235. The summed E-state index contributed by atoms with van der Waals surface area (Å²) in [6.45, 7) is 0.760. The SMILES string of the molecule is CN(C)C(=O)c1ccc(Cl)c(NCc2cc3c(cc2Br)OCO3)c1. The maximum absolute atomic E-state index is 12.1. The van der Waals surface area contributed by atoms with Crippen LogP contribution in [-0.2, 0) is 6.54 Å². The Morgan fingerprint density at radius 3 is 2.67 bits per heavy atom. The van der Waals surface area contributed by atoms with E-state index in [1.54, 1.807) is 32.3 Å². The van der Waals surface area contributed by atoms with Gasteiger partial charge in [-0.1, -0.05) is 27.5 Å². The van der Waals surface area contributed by atoms with E-state index in [1.165, 1.54) is 4.90 Å². The van der Waals surface area contributed by atoms with Crippen LogP contribution in [0, 0.1) is 0 Å². The quantitative estimate of drug-likeness (QED) is 0.821. The monoisotopic (exact) mass is 410 g/mol. The molecule has 0 aliphatic carbocycles. The highest BCUT2D eigenvalue weighted by atomic mass is 79.9. The molecule has 1 N–H and O–H groups in total. The molecule has 0 radical (unpaired) electrons. The van der Waals surface area contributed by atoms with Gasteiger partial charge in [-0.2, -0.15) is 0 Å². The molecule has 1 amide bonds. The lowest BCUT2D eigenvalue weighted by atomic mass is 10.1. The molecule has 0 fully saturated rings. The van der Waals surface area contributed by atoms with E-state index in [2.05, 4.69) is 21.2 Å². The van der Waals surface area contributed by atoms with Crippen molar-refractivity contribution in [3.05, 3.63) is 51.0 Å². The lowest BCUT2D eigenvalue weighted by Crippen LogP contribution is -2.21. The highest BCUT2D eigenvalue weighted by Crippen LogP contribution is 2.37. The van der Waals surface area contributed by atoms with Crippen molar-refractivity contribution >= 4 is 39.1 Å². The van der Waals surface area contributed by atoms with Crippen molar-refractivity contribution in [3.63, 3.8) is 0 Å². The second-order valence-electron chi connectivity index (χ2n) is 5.54. The number of nitrogens with one attached hydrogen (secondary N) is 1. The Morgan fingerprint density at radius 1 is 1.25 bits per heavy atom. The first-order valence-corrected chi connectivity index (χ1v) is 8.46. The molecule has 24 heavy (non-hydrogen) atoms. The molecular weight excluding hydrogens is 396 g/mol. The summed E-state index contributed by atoms with van der Waals surface area (Å²) in [5.41, 5.74) is 2.28. The number of nitrogens with zero attached hydrogens (tertiary/aromatic N) is 1. The zero-order valence-electron chi connectivity index (χ0n) is 13.2. The number of ether oxygens (including phenoxy) is 2. The van der Waals surface area contributed by atoms with Gasteiger partial charge in [0.15, 0.2) is 11.5 Å². The molecule has 126 valence electrons. The molecule has 3 rings (SSSR count). The standard InChI is InChI=1S/C17H16BrClN2O3/c1-21(2)17(22)10-3-4-13(19)14(5-10)20-8-11-6-15-16(7-12(11)18)24-9-23-15/h3-7,20H,8-9H2,1-2H3. The van der Waals surface area contributed by atoms with Crippen LogP contribution in [0.2, 0.25) is 5.02 Å². The molecule has 0 unspecified atom stereocenters. The van der Waals surface area contributed by atoms with Gasteiger partial charge in [-0.15, -0.1) is 0 Å². The van der Waals surface area contributed by atoms with Crippen molar-refractivity contribution < 1.29 is 14.3 Å². The molecule has 0 aromatic heterocycles. The Labute approximate surface area is 153 Å². The highest BCUT2D eigenvalue weighted by Gasteiger charge is 2.16. The predicted octanol–water partition coefficient (Wildman–Crippen LogP) is 4.15. The van der Waals surface area contributed by atoms with Crippen molar-refractivity contribution in [3.8, 4) is 11.5 Å². The first kappa shape index (κ1) is 16.9. The lowest BCUT2D eigenvalue weighted by molar-refractivity contribution is 0.0827. The maximum Gasteiger partial charge on any atom is 0.253 e. The molecule has 5 nitrogen and oxygen atoms in total. The number of amides is 1. The van der Waals surface area contributed by atoms with Gasteiger partial charge in [-0.25, -0.2) is 0 Å². The van der Waals surface area contributed by atoms with Crippen molar-refractivity contribution in [2.75, 3.05) is 26.2 Å². The van der Waals surface area contributed by atoms with Gasteiger partial charge in [-0.05, 0) is 35.9 Å². The molecule has 2 aromatic carbocycles. The number of hydrogen-bond donors (Lipinski definition) is 1. The smallest absolute Gasteiger partial charge is 0.253 e. The Kier molecular flexibility index (Phi) is 4.87. The predicted molar refractivity (Wildman–Crippen MR) is 97.1 cm³/mol. The van der Waals surface area contributed by atoms with E-state index in [9.17, 15) is 4.79 Å². The maximum atomic E-state index is 12.1. The summed E-state index contributed by atoms with van der Waals surface area (Å²) in [4.78, 5) is 13.6. The van der Waals surface area contributed by atoms with Crippen molar-refractivity contribution in [1.29, 1.82) is 0 Å². The summed E-state index contributed by atoms with van der Waals surface area (Å²) in [6.07, 6.45) is 0. The van der Waals surface area contributed by atoms with Crippen LogP contribution < -0.4 is 14.8 Å². The second-order valence-corrected chi connectivity index (χ2v) is 6.81. The largest absolute Gasteiger partial charge is 0.454 e. The van der Waals surface area contributed by atoms with Crippen LogP contribution in [0.1, 0.15) is 15.9 Å². The topological polar surface area (TPSA) is 50.8 Å². The van der Waals surface area contributed by atoms with Crippen LogP contribution in [0.5, 0.6) is 11.5 Å². The Hall–Kier alpha value is -1.92. The van der Waals surface area contributed by atoms with Crippen LogP contribution in [0.3, 0.4) is 0 Å².